The molecular formula is C15H26N4O2S. The van der Waals surface area contributed by atoms with E-state index in [0.29, 0.717) is 23.0 Å². The highest BCUT2D eigenvalue weighted by atomic mass is 32.2. The number of hydrogen-bond acceptors (Lipinski definition) is 5. The summed E-state index contributed by atoms with van der Waals surface area (Å²) in [6.45, 7) is 5.94. The number of rotatable bonds is 6. The van der Waals surface area contributed by atoms with Crippen LogP contribution in [0.25, 0.3) is 0 Å². The minimum Gasteiger partial charge on any atom is -0.340 e. The molecule has 0 spiro atoms. The van der Waals surface area contributed by atoms with Crippen LogP contribution in [-0.2, 0) is 0 Å². The molecule has 0 aliphatic heterocycles. The van der Waals surface area contributed by atoms with Gasteiger partial charge in [0, 0.05) is 25.3 Å². The Morgan fingerprint density at radius 3 is 2.86 bits per heavy atom. The SMILES string of the molecule is CCSC1CCC(N(C)C(=O)NC(CC)c2noc(C)n2)C1. The van der Waals surface area contributed by atoms with Crippen molar-refractivity contribution in [1.29, 1.82) is 0 Å². The zero-order chi connectivity index (χ0) is 16.1. The number of nitrogens with zero attached hydrogens (tertiary/aromatic N) is 3. The first kappa shape index (κ1) is 17.1. The van der Waals surface area contributed by atoms with E-state index in [4.69, 9.17) is 4.52 Å². The van der Waals surface area contributed by atoms with E-state index >= 15 is 0 Å². The van der Waals surface area contributed by atoms with Gasteiger partial charge in [0.05, 0.1) is 6.04 Å². The summed E-state index contributed by atoms with van der Waals surface area (Å²) in [6, 6.07) is 0.0737. The molecule has 0 saturated heterocycles. The van der Waals surface area contributed by atoms with Crippen molar-refractivity contribution in [2.75, 3.05) is 12.8 Å². The number of hydrogen-bond donors (Lipinski definition) is 1. The fourth-order valence-electron chi connectivity index (χ4n) is 2.88. The number of carbonyl (C=O) groups excluding carboxylic acids is 1. The highest BCUT2D eigenvalue weighted by Gasteiger charge is 2.31. The predicted octanol–water partition coefficient (Wildman–Crippen LogP) is 3.14. The zero-order valence-corrected chi connectivity index (χ0v) is 14.7. The molecule has 1 aliphatic carbocycles. The molecule has 0 radical (unpaired) electrons. The third-order valence-electron chi connectivity index (χ3n) is 4.19. The largest absolute Gasteiger partial charge is 0.340 e. The van der Waals surface area contributed by atoms with Gasteiger partial charge < -0.3 is 14.7 Å². The molecule has 3 unspecified atom stereocenters. The lowest BCUT2D eigenvalue weighted by atomic mass is 10.2. The fourth-order valence-corrected chi connectivity index (χ4v) is 4.01. The van der Waals surface area contributed by atoms with Crippen molar-refractivity contribution < 1.29 is 9.32 Å². The molecule has 1 heterocycles. The second kappa shape index (κ2) is 7.85. The minimum atomic E-state index is -0.199. The molecule has 1 saturated carbocycles. The molecule has 22 heavy (non-hydrogen) atoms. The van der Waals surface area contributed by atoms with Crippen LogP contribution in [0.5, 0.6) is 0 Å². The van der Waals surface area contributed by atoms with Crippen LogP contribution in [0, 0.1) is 6.92 Å². The Morgan fingerprint density at radius 2 is 2.27 bits per heavy atom. The van der Waals surface area contributed by atoms with Crippen LogP contribution in [0.15, 0.2) is 4.52 Å². The minimum absolute atomic E-state index is 0.0542. The molecule has 0 aromatic carbocycles. The average molecular weight is 326 g/mol. The van der Waals surface area contributed by atoms with E-state index < -0.39 is 0 Å². The summed E-state index contributed by atoms with van der Waals surface area (Å²) in [5.41, 5.74) is 0. The van der Waals surface area contributed by atoms with Gasteiger partial charge in [-0.2, -0.15) is 16.7 Å². The molecule has 3 atom stereocenters. The maximum Gasteiger partial charge on any atom is 0.317 e. The van der Waals surface area contributed by atoms with Crippen molar-refractivity contribution >= 4 is 17.8 Å². The third-order valence-corrected chi connectivity index (χ3v) is 5.42. The van der Waals surface area contributed by atoms with Crippen LogP contribution in [0.4, 0.5) is 4.79 Å². The Balaban J connectivity index is 1.90. The van der Waals surface area contributed by atoms with E-state index in [-0.39, 0.29) is 12.1 Å². The van der Waals surface area contributed by atoms with Crippen molar-refractivity contribution in [3.63, 3.8) is 0 Å². The summed E-state index contributed by atoms with van der Waals surface area (Å²) in [5.74, 6) is 2.21. The van der Waals surface area contributed by atoms with Crippen LogP contribution in [0.2, 0.25) is 0 Å². The van der Waals surface area contributed by atoms with Crippen molar-refractivity contribution in [2.24, 2.45) is 0 Å². The molecule has 1 aliphatic rings. The average Bonchev–Trinajstić information content (AvgIpc) is 3.13. The fraction of sp³-hybridized carbons (Fsp3) is 0.800. The van der Waals surface area contributed by atoms with Crippen LogP contribution in [0.1, 0.15) is 57.3 Å². The molecule has 7 heteroatoms. The van der Waals surface area contributed by atoms with E-state index in [2.05, 4.69) is 22.4 Å². The molecule has 1 aromatic heterocycles. The number of urea groups is 1. The molecule has 124 valence electrons. The van der Waals surface area contributed by atoms with Crippen molar-refractivity contribution in [2.45, 2.75) is 63.8 Å². The lowest BCUT2D eigenvalue weighted by molar-refractivity contribution is 0.186. The molecular weight excluding hydrogens is 300 g/mol. The van der Waals surface area contributed by atoms with Crippen molar-refractivity contribution in [3.05, 3.63) is 11.7 Å². The smallest absolute Gasteiger partial charge is 0.317 e. The standard InChI is InChI=1S/C15H26N4O2S/c1-5-13(14-16-10(3)21-18-14)17-15(20)19(4)11-7-8-12(9-11)22-6-2/h11-13H,5-9H2,1-4H3,(H,17,20). The Hall–Kier alpha value is -1.24. The van der Waals surface area contributed by atoms with E-state index in [1.807, 2.05) is 30.6 Å². The Kier molecular flexibility index (Phi) is 6.11. The van der Waals surface area contributed by atoms with Gasteiger partial charge in [-0.05, 0) is 31.4 Å². The predicted molar refractivity (Wildman–Crippen MR) is 87.9 cm³/mol. The Labute approximate surface area is 136 Å². The first-order valence-electron chi connectivity index (χ1n) is 8.00. The number of nitrogens with one attached hydrogen (secondary N) is 1. The van der Waals surface area contributed by atoms with Gasteiger partial charge in [0.15, 0.2) is 5.82 Å². The van der Waals surface area contributed by atoms with E-state index in [0.717, 1.165) is 25.0 Å². The first-order valence-corrected chi connectivity index (χ1v) is 9.05. The second-order valence-corrected chi connectivity index (χ2v) is 7.31. The zero-order valence-electron chi connectivity index (χ0n) is 13.8. The number of carbonyl (C=O) groups is 1. The topological polar surface area (TPSA) is 71.3 Å². The summed E-state index contributed by atoms with van der Waals surface area (Å²) < 4.78 is 5.00. The van der Waals surface area contributed by atoms with Gasteiger partial charge in [0.1, 0.15) is 0 Å². The molecule has 1 N–H and O–H groups in total. The van der Waals surface area contributed by atoms with E-state index in [1.165, 1.54) is 6.42 Å². The highest BCUT2D eigenvalue weighted by molar-refractivity contribution is 7.99. The van der Waals surface area contributed by atoms with E-state index in [9.17, 15) is 4.79 Å². The van der Waals surface area contributed by atoms with E-state index in [1.54, 1.807) is 6.92 Å². The molecule has 0 bridgehead atoms. The summed E-state index contributed by atoms with van der Waals surface area (Å²) >= 11 is 2.00. The van der Waals surface area contributed by atoms with Crippen molar-refractivity contribution in [3.8, 4) is 0 Å². The van der Waals surface area contributed by atoms with Crippen molar-refractivity contribution in [1.82, 2.24) is 20.4 Å². The third kappa shape index (κ3) is 4.15. The van der Waals surface area contributed by atoms with Crippen LogP contribution >= 0.6 is 11.8 Å². The van der Waals surface area contributed by atoms with Gasteiger partial charge >= 0.3 is 6.03 Å². The first-order chi connectivity index (χ1) is 10.5. The normalized spacial score (nSPS) is 22.5. The number of thioether (sulfide) groups is 1. The lowest BCUT2D eigenvalue weighted by Crippen LogP contribution is -2.44. The number of aromatic nitrogens is 2. The summed E-state index contributed by atoms with van der Waals surface area (Å²) in [4.78, 5) is 18.5. The number of aryl methyl sites for hydroxylation is 1. The maximum absolute atomic E-state index is 12.5. The lowest BCUT2D eigenvalue weighted by Gasteiger charge is -2.26. The molecule has 6 nitrogen and oxygen atoms in total. The molecule has 1 fully saturated rings. The Morgan fingerprint density at radius 1 is 1.50 bits per heavy atom. The van der Waals surface area contributed by atoms with Gasteiger partial charge in [-0.25, -0.2) is 4.79 Å². The molecule has 2 rings (SSSR count). The Bertz CT molecular complexity index is 494. The molecule has 1 aromatic rings. The summed E-state index contributed by atoms with van der Waals surface area (Å²) in [5, 5.41) is 7.61. The second-order valence-electron chi connectivity index (χ2n) is 5.74. The number of amides is 2. The highest BCUT2D eigenvalue weighted by Crippen LogP contribution is 2.32. The molecule has 2 amide bonds. The quantitative estimate of drug-likeness (QED) is 0.869. The summed E-state index contributed by atoms with van der Waals surface area (Å²) in [7, 11) is 1.88. The maximum atomic E-state index is 12.5. The van der Waals surface area contributed by atoms with Crippen LogP contribution < -0.4 is 5.32 Å². The van der Waals surface area contributed by atoms with Gasteiger partial charge in [-0.3, -0.25) is 0 Å². The van der Waals surface area contributed by atoms with Gasteiger partial charge in [0.25, 0.3) is 0 Å². The van der Waals surface area contributed by atoms with Crippen LogP contribution in [-0.4, -0.2) is 45.2 Å². The van der Waals surface area contributed by atoms with Gasteiger partial charge in [-0.15, -0.1) is 0 Å². The monoisotopic (exact) mass is 326 g/mol. The van der Waals surface area contributed by atoms with Crippen LogP contribution in [0.3, 0.4) is 0 Å². The van der Waals surface area contributed by atoms with Gasteiger partial charge in [-0.1, -0.05) is 19.0 Å². The van der Waals surface area contributed by atoms with Gasteiger partial charge in [0.2, 0.25) is 5.89 Å². The summed E-state index contributed by atoms with van der Waals surface area (Å²) in [6.07, 6.45) is 4.10.